The minimum atomic E-state index is -0.0728. The van der Waals surface area contributed by atoms with Crippen molar-refractivity contribution in [2.45, 2.75) is 25.0 Å². The fourth-order valence-corrected chi connectivity index (χ4v) is 2.43. The maximum Gasteiger partial charge on any atom is 0.188 e. The molecule has 0 saturated carbocycles. The second-order valence-corrected chi connectivity index (χ2v) is 5.24. The van der Waals surface area contributed by atoms with Crippen molar-refractivity contribution >= 4 is 5.96 Å². The van der Waals surface area contributed by atoms with Crippen LogP contribution in [0.25, 0.3) is 0 Å². The third-order valence-corrected chi connectivity index (χ3v) is 3.57. The zero-order valence-corrected chi connectivity index (χ0v) is 12.0. The van der Waals surface area contributed by atoms with E-state index in [4.69, 9.17) is 19.9 Å². The van der Waals surface area contributed by atoms with Crippen LogP contribution in [-0.2, 0) is 4.74 Å². The van der Waals surface area contributed by atoms with E-state index in [9.17, 15) is 0 Å². The van der Waals surface area contributed by atoms with Crippen LogP contribution < -0.4 is 20.5 Å². The van der Waals surface area contributed by atoms with Gasteiger partial charge in [-0.15, -0.1) is 0 Å². The number of hydrogen-bond donors (Lipinski definition) is 2. The van der Waals surface area contributed by atoms with E-state index in [-0.39, 0.29) is 12.2 Å². The molecule has 21 heavy (non-hydrogen) atoms. The first-order chi connectivity index (χ1) is 10.3. The van der Waals surface area contributed by atoms with Gasteiger partial charge in [-0.25, -0.2) is 0 Å². The van der Waals surface area contributed by atoms with E-state index in [1.807, 2.05) is 24.3 Å². The van der Waals surface area contributed by atoms with Crippen LogP contribution in [0.4, 0.5) is 0 Å². The lowest BCUT2D eigenvalue weighted by Crippen LogP contribution is -2.43. The Morgan fingerprint density at radius 1 is 1.29 bits per heavy atom. The Morgan fingerprint density at radius 2 is 2.14 bits per heavy atom. The van der Waals surface area contributed by atoms with Crippen LogP contribution in [0.3, 0.4) is 0 Å². The van der Waals surface area contributed by atoms with Gasteiger partial charge in [0.25, 0.3) is 0 Å². The minimum absolute atomic E-state index is 0.0728. The van der Waals surface area contributed by atoms with Gasteiger partial charge < -0.3 is 25.3 Å². The maximum absolute atomic E-state index is 5.85. The van der Waals surface area contributed by atoms with Gasteiger partial charge >= 0.3 is 0 Å². The molecule has 114 valence electrons. The topological polar surface area (TPSA) is 78.1 Å². The van der Waals surface area contributed by atoms with E-state index in [1.165, 1.54) is 0 Å². The summed E-state index contributed by atoms with van der Waals surface area (Å²) in [4.78, 5) is 4.30. The highest BCUT2D eigenvalue weighted by atomic mass is 16.6. The van der Waals surface area contributed by atoms with Gasteiger partial charge in [0.15, 0.2) is 17.5 Å². The average molecular weight is 291 g/mol. The second-order valence-electron chi connectivity index (χ2n) is 5.24. The second kappa shape index (κ2) is 6.67. The number of guanidine groups is 1. The Balaban J connectivity index is 1.44. The molecule has 0 radical (unpaired) electrons. The molecule has 1 aromatic carbocycles. The van der Waals surface area contributed by atoms with Crippen molar-refractivity contribution in [2.75, 3.05) is 26.3 Å². The maximum atomic E-state index is 5.85. The Bertz CT molecular complexity index is 501. The summed E-state index contributed by atoms with van der Waals surface area (Å²) in [6.07, 6.45) is 2.32. The predicted octanol–water partition coefficient (Wildman–Crippen LogP) is 0.910. The number of nitrogens with two attached hydrogens (primary N) is 1. The Morgan fingerprint density at radius 3 is 2.95 bits per heavy atom. The van der Waals surface area contributed by atoms with Crippen molar-refractivity contribution in [2.24, 2.45) is 10.7 Å². The molecule has 0 unspecified atom stereocenters. The van der Waals surface area contributed by atoms with Gasteiger partial charge in [-0.3, -0.25) is 4.99 Å². The first kappa shape index (κ1) is 14.0. The molecule has 0 spiro atoms. The molecule has 3 rings (SSSR count). The molecule has 1 aromatic rings. The van der Waals surface area contributed by atoms with Crippen LogP contribution >= 0.6 is 0 Å². The van der Waals surface area contributed by atoms with Crippen molar-refractivity contribution in [3.8, 4) is 11.5 Å². The molecule has 2 aliphatic heterocycles. The monoisotopic (exact) mass is 291 g/mol. The van der Waals surface area contributed by atoms with Crippen LogP contribution in [0.15, 0.2) is 29.3 Å². The fraction of sp³-hybridized carbons (Fsp3) is 0.533. The lowest BCUT2D eigenvalue weighted by molar-refractivity contribution is 0.0936. The summed E-state index contributed by atoms with van der Waals surface area (Å²) < 4.78 is 17.0. The molecule has 2 atom stereocenters. The van der Waals surface area contributed by atoms with Crippen LogP contribution in [0, 0.1) is 0 Å². The highest BCUT2D eigenvalue weighted by molar-refractivity contribution is 5.77. The average Bonchev–Trinajstić information content (AvgIpc) is 3.04. The molecule has 3 N–H and O–H groups in total. The number of benzene rings is 1. The van der Waals surface area contributed by atoms with E-state index in [2.05, 4.69) is 10.3 Å². The van der Waals surface area contributed by atoms with Crippen molar-refractivity contribution in [3.05, 3.63) is 24.3 Å². The first-order valence-electron chi connectivity index (χ1n) is 7.35. The number of nitrogens with one attached hydrogen (secondary N) is 1. The van der Waals surface area contributed by atoms with E-state index in [0.717, 1.165) is 30.9 Å². The number of nitrogens with zero attached hydrogens (tertiary/aromatic N) is 1. The van der Waals surface area contributed by atoms with Crippen molar-refractivity contribution in [1.82, 2.24) is 5.32 Å². The zero-order chi connectivity index (χ0) is 14.5. The number of aliphatic imine (C=N–C) groups is 1. The van der Waals surface area contributed by atoms with Gasteiger partial charge in [0.2, 0.25) is 0 Å². The molecule has 0 amide bonds. The van der Waals surface area contributed by atoms with Gasteiger partial charge in [-0.05, 0) is 25.0 Å². The van der Waals surface area contributed by atoms with Gasteiger partial charge in [-0.1, -0.05) is 12.1 Å². The normalized spacial score (nSPS) is 24.9. The highest BCUT2D eigenvalue weighted by Gasteiger charge is 2.20. The van der Waals surface area contributed by atoms with E-state index < -0.39 is 0 Å². The summed E-state index contributed by atoms with van der Waals surface area (Å²) >= 11 is 0. The lowest BCUT2D eigenvalue weighted by Gasteiger charge is -2.26. The summed E-state index contributed by atoms with van der Waals surface area (Å²) in [5.41, 5.74) is 5.85. The SMILES string of the molecule is NC(=NC[C@H]1CCCO1)NC[C@@H]1COc2ccccc2O1. The van der Waals surface area contributed by atoms with Crippen LogP contribution in [0.1, 0.15) is 12.8 Å². The Hall–Kier alpha value is -1.95. The summed E-state index contributed by atoms with van der Waals surface area (Å²) in [7, 11) is 0. The summed E-state index contributed by atoms with van der Waals surface area (Å²) in [6.45, 7) is 2.52. The van der Waals surface area contributed by atoms with Crippen LogP contribution in [-0.4, -0.2) is 44.5 Å². The lowest BCUT2D eigenvalue weighted by atomic mass is 10.2. The number of ether oxygens (including phenoxy) is 3. The van der Waals surface area contributed by atoms with Gasteiger partial charge in [0.1, 0.15) is 12.7 Å². The molecule has 1 saturated heterocycles. The van der Waals surface area contributed by atoms with Gasteiger partial charge in [0, 0.05) is 6.61 Å². The smallest absolute Gasteiger partial charge is 0.188 e. The molecule has 0 bridgehead atoms. The third-order valence-electron chi connectivity index (χ3n) is 3.57. The standard InChI is InChI=1S/C15H21N3O3/c16-15(17-8-11-4-3-7-19-11)18-9-12-10-20-13-5-1-2-6-14(13)21-12/h1-2,5-6,11-12H,3-4,7-10H2,(H3,16,17,18)/t11-,12-/m1/s1. The largest absolute Gasteiger partial charge is 0.486 e. The van der Waals surface area contributed by atoms with Crippen molar-refractivity contribution in [1.29, 1.82) is 0 Å². The summed E-state index contributed by atoms with van der Waals surface area (Å²) in [5, 5.41) is 3.07. The number of para-hydroxylation sites is 2. The minimum Gasteiger partial charge on any atom is -0.486 e. The van der Waals surface area contributed by atoms with Crippen LogP contribution in [0.2, 0.25) is 0 Å². The number of rotatable bonds is 4. The third kappa shape index (κ3) is 3.78. The quantitative estimate of drug-likeness (QED) is 0.637. The summed E-state index contributed by atoms with van der Waals surface area (Å²) in [5.74, 6) is 1.98. The molecule has 0 aliphatic carbocycles. The van der Waals surface area contributed by atoms with Crippen molar-refractivity contribution < 1.29 is 14.2 Å². The molecular formula is C15H21N3O3. The molecule has 6 nitrogen and oxygen atoms in total. The Kier molecular flexibility index (Phi) is 4.45. The fourth-order valence-electron chi connectivity index (χ4n) is 2.43. The molecule has 0 aromatic heterocycles. The van der Waals surface area contributed by atoms with E-state index in [0.29, 0.717) is 25.7 Å². The number of fused-ring (bicyclic) bond motifs is 1. The molecule has 2 heterocycles. The summed E-state index contributed by atoms with van der Waals surface area (Å²) in [6, 6.07) is 7.65. The predicted molar refractivity (Wildman–Crippen MR) is 79.8 cm³/mol. The zero-order valence-electron chi connectivity index (χ0n) is 12.0. The van der Waals surface area contributed by atoms with Crippen LogP contribution in [0.5, 0.6) is 11.5 Å². The molecule has 1 fully saturated rings. The first-order valence-corrected chi connectivity index (χ1v) is 7.35. The Labute approximate surface area is 124 Å². The molecule has 2 aliphatic rings. The van der Waals surface area contributed by atoms with Gasteiger partial charge in [-0.2, -0.15) is 0 Å². The van der Waals surface area contributed by atoms with Gasteiger partial charge in [0.05, 0.1) is 19.2 Å². The molecule has 6 heteroatoms. The van der Waals surface area contributed by atoms with E-state index >= 15 is 0 Å². The van der Waals surface area contributed by atoms with E-state index in [1.54, 1.807) is 0 Å². The highest BCUT2D eigenvalue weighted by Crippen LogP contribution is 2.30. The van der Waals surface area contributed by atoms with Crippen molar-refractivity contribution in [3.63, 3.8) is 0 Å². The number of hydrogen-bond acceptors (Lipinski definition) is 4. The molecular weight excluding hydrogens is 270 g/mol.